The van der Waals surface area contributed by atoms with Crippen LogP contribution < -0.4 is 0 Å². The maximum absolute atomic E-state index is 1.70. The van der Waals surface area contributed by atoms with E-state index in [1.807, 2.05) is 0 Å². The van der Waals surface area contributed by atoms with Gasteiger partial charge in [-0.3, -0.25) is 0 Å². The molecule has 2 aliphatic heterocycles. The Bertz CT molecular complexity index is 323. The van der Waals surface area contributed by atoms with Crippen LogP contribution in [-0.2, 0) is 0 Å². The van der Waals surface area contributed by atoms with Gasteiger partial charge in [-0.2, -0.15) is 0 Å². The standard InChI is InChI=1S/C21H38P2/c1-3-9-18(10-4-1)22-15-7-13-20(22)17-21-14-8-16-23(21)19-11-5-2-6-12-19/h18-21H,1-17H2. The molecule has 2 heterocycles. The second-order valence-electron chi connectivity index (χ2n) is 8.89. The quantitative estimate of drug-likeness (QED) is 0.465. The number of hydrogen-bond donors (Lipinski definition) is 0. The lowest BCUT2D eigenvalue weighted by Crippen LogP contribution is -2.21. The first-order chi connectivity index (χ1) is 11.4. The highest BCUT2D eigenvalue weighted by Gasteiger charge is 2.39. The summed E-state index contributed by atoms with van der Waals surface area (Å²) < 4.78 is 0. The molecule has 4 unspecified atom stereocenters. The van der Waals surface area contributed by atoms with Crippen LogP contribution in [0, 0.1) is 0 Å². The van der Waals surface area contributed by atoms with Gasteiger partial charge in [-0.05, 0) is 92.7 Å². The average Bonchev–Trinajstić information content (AvgIpc) is 3.26. The van der Waals surface area contributed by atoms with E-state index < -0.39 is 0 Å². The maximum atomic E-state index is 1.70. The Morgan fingerprint density at radius 2 is 0.913 bits per heavy atom. The minimum Gasteiger partial charge on any atom is -0.100 e. The van der Waals surface area contributed by atoms with Crippen LogP contribution in [0.3, 0.4) is 0 Å². The summed E-state index contributed by atoms with van der Waals surface area (Å²) in [6, 6.07) is 0. The summed E-state index contributed by atoms with van der Waals surface area (Å²) in [7, 11) is 0.862. The van der Waals surface area contributed by atoms with Crippen LogP contribution in [0.1, 0.15) is 96.3 Å². The molecule has 2 aliphatic carbocycles. The van der Waals surface area contributed by atoms with Gasteiger partial charge in [0.05, 0.1) is 0 Å². The molecule has 0 amide bonds. The lowest BCUT2D eigenvalue weighted by Gasteiger charge is -2.37. The second kappa shape index (κ2) is 8.49. The van der Waals surface area contributed by atoms with E-state index in [0.29, 0.717) is 15.8 Å². The summed E-state index contributed by atoms with van der Waals surface area (Å²) in [5.74, 6) is 0. The third-order valence-electron chi connectivity index (χ3n) is 7.48. The summed E-state index contributed by atoms with van der Waals surface area (Å²) in [4.78, 5) is 0. The summed E-state index contributed by atoms with van der Waals surface area (Å²) in [5.41, 5.74) is 4.83. The number of hydrogen-bond acceptors (Lipinski definition) is 0. The molecule has 0 aromatic carbocycles. The van der Waals surface area contributed by atoms with Crippen LogP contribution in [0.15, 0.2) is 0 Å². The third-order valence-corrected chi connectivity index (χ3v) is 14.9. The van der Waals surface area contributed by atoms with Crippen LogP contribution in [0.5, 0.6) is 0 Å². The Morgan fingerprint density at radius 1 is 0.478 bits per heavy atom. The Kier molecular flexibility index (Phi) is 6.38. The van der Waals surface area contributed by atoms with Crippen molar-refractivity contribution in [2.24, 2.45) is 0 Å². The zero-order chi connectivity index (χ0) is 15.5. The topological polar surface area (TPSA) is 0 Å². The van der Waals surface area contributed by atoms with E-state index >= 15 is 0 Å². The molecule has 4 rings (SSSR count). The normalized spacial score (nSPS) is 40.7. The first-order valence-corrected chi connectivity index (χ1v) is 14.3. The first-order valence-electron chi connectivity index (χ1n) is 10.9. The fourth-order valence-electron chi connectivity index (χ4n) is 6.32. The summed E-state index contributed by atoms with van der Waals surface area (Å²) in [6.45, 7) is 0. The van der Waals surface area contributed by atoms with Gasteiger partial charge in [0.2, 0.25) is 0 Å². The molecule has 2 saturated carbocycles. The van der Waals surface area contributed by atoms with Gasteiger partial charge in [0.25, 0.3) is 0 Å². The van der Waals surface area contributed by atoms with Crippen molar-refractivity contribution in [3.05, 3.63) is 0 Å². The van der Waals surface area contributed by atoms with Crippen molar-refractivity contribution in [1.29, 1.82) is 0 Å². The predicted molar refractivity (Wildman–Crippen MR) is 108 cm³/mol. The van der Waals surface area contributed by atoms with E-state index in [1.165, 1.54) is 22.6 Å². The lowest BCUT2D eigenvalue weighted by atomic mass is 10.0. The van der Waals surface area contributed by atoms with Crippen molar-refractivity contribution in [3.8, 4) is 0 Å². The van der Waals surface area contributed by atoms with Crippen molar-refractivity contribution in [1.82, 2.24) is 0 Å². The molecule has 0 aromatic rings. The fourth-order valence-corrected chi connectivity index (χ4v) is 14.4. The molecule has 2 heteroatoms. The molecule has 4 atom stereocenters. The highest BCUT2D eigenvalue weighted by Crippen LogP contribution is 2.64. The molecule has 0 nitrogen and oxygen atoms in total. The van der Waals surface area contributed by atoms with Gasteiger partial charge >= 0.3 is 0 Å². The molecule has 4 aliphatic rings. The van der Waals surface area contributed by atoms with E-state index in [0.717, 1.165) is 0 Å². The molecule has 132 valence electrons. The smallest absolute Gasteiger partial charge is 0.0201 e. The Balaban J connectivity index is 1.35. The van der Waals surface area contributed by atoms with E-state index in [2.05, 4.69) is 0 Å². The minimum atomic E-state index is 0.431. The van der Waals surface area contributed by atoms with Gasteiger partial charge in [0.15, 0.2) is 0 Å². The minimum absolute atomic E-state index is 0.431. The Labute approximate surface area is 147 Å². The Morgan fingerprint density at radius 3 is 1.35 bits per heavy atom. The van der Waals surface area contributed by atoms with Crippen LogP contribution in [0.2, 0.25) is 0 Å². The zero-order valence-corrected chi connectivity index (χ0v) is 17.0. The molecule has 4 fully saturated rings. The maximum Gasteiger partial charge on any atom is -0.0201 e. The summed E-state index contributed by atoms with van der Waals surface area (Å²) >= 11 is 0. The van der Waals surface area contributed by atoms with Gasteiger partial charge in [-0.1, -0.05) is 38.5 Å². The largest absolute Gasteiger partial charge is 0.100 e. The van der Waals surface area contributed by atoms with Crippen LogP contribution in [0.4, 0.5) is 0 Å². The van der Waals surface area contributed by atoms with Crippen LogP contribution >= 0.6 is 15.8 Å². The van der Waals surface area contributed by atoms with Crippen molar-refractivity contribution in [2.45, 2.75) is 119 Å². The monoisotopic (exact) mass is 352 g/mol. The van der Waals surface area contributed by atoms with Gasteiger partial charge < -0.3 is 0 Å². The summed E-state index contributed by atoms with van der Waals surface area (Å²) in [5, 5.41) is 0. The third kappa shape index (κ3) is 4.17. The zero-order valence-electron chi connectivity index (χ0n) is 15.2. The van der Waals surface area contributed by atoms with Gasteiger partial charge in [-0.15, -0.1) is 15.8 Å². The highest BCUT2D eigenvalue weighted by atomic mass is 31.1. The van der Waals surface area contributed by atoms with Gasteiger partial charge in [0.1, 0.15) is 0 Å². The SMILES string of the molecule is C1CCC(P2CCCC2CC2CCCP2C2CCCCC2)CC1. The molecule has 0 radical (unpaired) electrons. The fraction of sp³-hybridized carbons (Fsp3) is 1.00. The van der Waals surface area contributed by atoms with Crippen LogP contribution in [0.25, 0.3) is 0 Å². The molecular formula is C21H38P2. The molecular weight excluding hydrogens is 314 g/mol. The second-order valence-corrected chi connectivity index (χ2v) is 14.8. The van der Waals surface area contributed by atoms with Gasteiger partial charge in [-0.25, -0.2) is 0 Å². The van der Waals surface area contributed by atoms with E-state index in [-0.39, 0.29) is 0 Å². The van der Waals surface area contributed by atoms with Crippen molar-refractivity contribution in [2.75, 3.05) is 12.3 Å². The van der Waals surface area contributed by atoms with Crippen molar-refractivity contribution in [3.63, 3.8) is 0 Å². The number of rotatable bonds is 4. The lowest BCUT2D eigenvalue weighted by molar-refractivity contribution is 0.505. The van der Waals surface area contributed by atoms with Gasteiger partial charge in [0, 0.05) is 0 Å². The first kappa shape index (κ1) is 17.3. The van der Waals surface area contributed by atoms with Crippen LogP contribution in [-0.4, -0.2) is 35.0 Å². The molecule has 2 saturated heterocycles. The van der Waals surface area contributed by atoms with E-state index in [1.54, 1.807) is 109 Å². The van der Waals surface area contributed by atoms with E-state index in [9.17, 15) is 0 Å². The molecule has 23 heavy (non-hydrogen) atoms. The van der Waals surface area contributed by atoms with Crippen molar-refractivity contribution < 1.29 is 0 Å². The van der Waals surface area contributed by atoms with E-state index in [4.69, 9.17) is 0 Å². The molecule has 0 N–H and O–H groups in total. The molecule has 0 bridgehead atoms. The highest BCUT2D eigenvalue weighted by molar-refractivity contribution is 7.60. The van der Waals surface area contributed by atoms with Crippen molar-refractivity contribution >= 4 is 15.8 Å². The Hall–Kier alpha value is 0.860. The molecule has 0 aromatic heterocycles. The summed E-state index contributed by atoms with van der Waals surface area (Å²) in [6.07, 6.45) is 27.3. The predicted octanol–water partition coefficient (Wildman–Crippen LogP) is 7.33. The molecule has 0 spiro atoms. The average molecular weight is 352 g/mol.